The molecule has 102 valence electrons. The van der Waals surface area contributed by atoms with Gasteiger partial charge in [-0.25, -0.2) is 0 Å². The molecule has 2 aliphatic heterocycles. The SMILES string of the molecule is CC(C)CN1C(N)=NCC12CC(C)N(C1CC1)C2. The Morgan fingerprint density at radius 3 is 2.78 bits per heavy atom. The van der Waals surface area contributed by atoms with Gasteiger partial charge in [-0.05, 0) is 32.1 Å². The Morgan fingerprint density at radius 2 is 2.17 bits per heavy atom. The summed E-state index contributed by atoms with van der Waals surface area (Å²) >= 11 is 0. The Morgan fingerprint density at radius 1 is 1.44 bits per heavy atom. The number of hydrogen-bond acceptors (Lipinski definition) is 4. The molecule has 2 atom stereocenters. The number of aliphatic imine (C=N–C) groups is 1. The van der Waals surface area contributed by atoms with Crippen molar-refractivity contribution in [2.24, 2.45) is 16.6 Å². The Kier molecular flexibility index (Phi) is 2.81. The number of likely N-dealkylation sites (tertiary alicyclic amines) is 1. The second kappa shape index (κ2) is 4.12. The molecule has 3 aliphatic rings. The summed E-state index contributed by atoms with van der Waals surface area (Å²) in [7, 11) is 0. The van der Waals surface area contributed by atoms with E-state index in [0.717, 1.165) is 31.6 Å². The Labute approximate surface area is 110 Å². The lowest BCUT2D eigenvalue weighted by Crippen LogP contribution is -2.54. The lowest BCUT2D eigenvalue weighted by molar-refractivity contribution is 0.176. The highest BCUT2D eigenvalue weighted by molar-refractivity contribution is 5.81. The van der Waals surface area contributed by atoms with Gasteiger partial charge < -0.3 is 10.6 Å². The van der Waals surface area contributed by atoms with E-state index in [1.54, 1.807) is 0 Å². The molecular formula is C14H26N4. The average Bonchev–Trinajstić information content (AvgIpc) is 3.03. The van der Waals surface area contributed by atoms with Crippen molar-refractivity contribution in [1.82, 2.24) is 9.80 Å². The molecule has 2 heterocycles. The molecule has 0 aromatic carbocycles. The topological polar surface area (TPSA) is 44.9 Å². The predicted molar refractivity (Wildman–Crippen MR) is 74.6 cm³/mol. The quantitative estimate of drug-likeness (QED) is 0.820. The van der Waals surface area contributed by atoms with Gasteiger partial charge in [0.15, 0.2) is 5.96 Å². The van der Waals surface area contributed by atoms with E-state index in [4.69, 9.17) is 5.73 Å². The van der Waals surface area contributed by atoms with Crippen LogP contribution in [0.5, 0.6) is 0 Å². The average molecular weight is 250 g/mol. The lowest BCUT2D eigenvalue weighted by atomic mass is 9.94. The number of rotatable bonds is 3. The minimum absolute atomic E-state index is 0.205. The van der Waals surface area contributed by atoms with Crippen LogP contribution in [0.2, 0.25) is 0 Å². The third-order valence-corrected chi connectivity index (χ3v) is 4.67. The normalized spacial score (nSPS) is 37.0. The Bertz CT molecular complexity index is 361. The summed E-state index contributed by atoms with van der Waals surface area (Å²) in [6.07, 6.45) is 4.00. The van der Waals surface area contributed by atoms with Gasteiger partial charge >= 0.3 is 0 Å². The Balaban J connectivity index is 1.78. The van der Waals surface area contributed by atoms with Gasteiger partial charge in [-0.1, -0.05) is 13.8 Å². The molecule has 18 heavy (non-hydrogen) atoms. The molecule has 1 spiro atoms. The van der Waals surface area contributed by atoms with Gasteiger partial charge in [-0.15, -0.1) is 0 Å². The van der Waals surface area contributed by atoms with E-state index < -0.39 is 0 Å². The largest absolute Gasteiger partial charge is 0.370 e. The van der Waals surface area contributed by atoms with Crippen molar-refractivity contribution in [3.8, 4) is 0 Å². The molecule has 4 heteroatoms. The molecule has 2 N–H and O–H groups in total. The van der Waals surface area contributed by atoms with Crippen LogP contribution in [0.1, 0.15) is 40.0 Å². The molecular weight excluding hydrogens is 224 g/mol. The Hall–Kier alpha value is -0.770. The molecule has 1 saturated heterocycles. The number of nitrogens with zero attached hydrogens (tertiary/aromatic N) is 3. The van der Waals surface area contributed by atoms with Gasteiger partial charge in [0.25, 0.3) is 0 Å². The van der Waals surface area contributed by atoms with Crippen LogP contribution in [0.25, 0.3) is 0 Å². The van der Waals surface area contributed by atoms with Gasteiger partial charge in [0.05, 0.1) is 12.1 Å². The molecule has 2 fully saturated rings. The maximum Gasteiger partial charge on any atom is 0.191 e. The fourth-order valence-corrected chi connectivity index (χ4v) is 3.73. The summed E-state index contributed by atoms with van der Waals surface area (Å²) in [6, 6.07) is 1.54. The van der Waals surface area contributed by atoms with Crippen molar-refractivity contribution < 1.29 is 0 Å². The maximum atomic E-state index is 6.12. The summed E-state index contributed by atoms with van der Waals surface area (Å²) < 4.78 is 0. The fourth-order valence-electron chi connectivity index (χ4n) is 3.73. The minimum Gasteiger partial charge on any atom is -0.370 e. The summed E-state index contributed by atoms with van der Waals surface area (Å²) in [4.78, 5) is 9.64. The zero-order valence-electron chi connectivity index (χ0n) is 11.9. The van der Waals surface area contributed by atoms with Crippen LogP contribution >= 0.6 is 0 Å². The smallest absolute Gasteiger partial charge is 0.191 e. The van der Waals surface area contributed by atoms with E-state index in [1.807, 2.05) is 0 Å². The molecule has 4 nitrogen and oxygen atoms in total. The number of nitrogens with two attached hydrogens (primary N) is 1. The molecule has 3 rings (SSSR count). The number of guanidine groups is 1. The molecule has 1 saturated carbocycles. The van der Waals surface area contributed by atoms with Crippen molar-refractivity contribution in [3.05, 3.63) is 0 Å². The van der Waals surface area contributed by atoms with Gasteiger partial charge in [0, 0.05) is 25.2 Å². The highest BCUT2D eigenvalue weighted by Gasteiger charge is 2.52. The van der Waals surface area contributed by atoms with Crippen LogP contribution < -0.4 is 5.73 Å². The predicted octanol–water partition coefficient (Wildman–Crippen LogP) is 1.27. The zero-order chi connectivity index (χ0) is 12.9. The molecule has 0 aromatic heterocycles. The molecule has 1 aliphatic carbocycles. The van der Waals surface area contributed by atoms with Crippen LogP contribution in [0.3, 0.4) is 0 Å². The van der Waals surface area contributed by atoms with E-state index in [-0.39, 0.29) is 5.54 Å². The molecule has 0 amide bonds. The van der Waals surface area contributed by atoms with Gasteiger partial charge in [-0.2, -0.15) is 0 Å². The number of hydrogen-bond donors (Lipinski definition) is 1. The maximum absolute atomic E-state index is 6.12. The van der Waals surface area contributed by atoms with Gasteiger partial charge in [-0.3, -0.25) is 9.89 Å². The summed E-state index contributed by atoms with van der Waals surface area (Å²) in [6.45, 7) is 10.00. The van der Waals surface area contributed by atoms with Crippen LogP contribution in [-0.2, 0) is 0 Å². The first-order valence-corrected chi connectivity index (χ1v) is 7.35. The first-order chi connectivity index (χ1) is 8.52. The van der Waals surface area contributed by atoms with Crippen molar-refractivity contribution >= 4 is 5.96 Å². The van der Waals surface area contributed by atoms with Gasteiger partial charge in [0.2, 0.25) is 0 Å². The molecule has 0 radical (unpaired) electrons. The third kappa shape index (κ3) is 1.91. The molecule has 0 bridgehead atoms. The fraction of sp³-hybridized carbons (Fsp3) is 0.929. The monoisotopic (exact) mass is 250 g/mol. The van der Waals surface area contributed by atoms with Crippen LogP contribution in [0.4, 0.5) is 0 Å². The molecule has 0 aromatic rings. The van der Waals surface area contributed by atoms with Gasteiger partial charge in [0.1, 0.15) is 0 Å². The van der Waals surface area contributed by atoms with E-state index in [9.17, 15) is 0 Å². The second-order valence-corrected chi connectivity index (χ2v) is 6.86. The van der Waals surface area contributed by atoms with Crippen molar-refractivity contribution in [1.29, 1.82) is 0 Å². The van der Waals surface area contributed by atoms with E-state index in [0.29, 0.717) is 12.0 Å². The van der Waals surface area contributed by atoms with Crippen molar-refractivity contribution in [3.63, 3.8) is 0 Å². The van der Waals surface area contributed by atoms with Crippen LogP contribution in [0, 0.1) is 5.92 Å². The van der Waals surface area contributed by atoms with Crippen LogP contribution in [0.15, 0.2) is 4.99 Å². The first kappa shape index (κ1) is 12.3. The third-order valence-electron chi connectivity index (χ3n) is 4.67. The summed E-state index contributed by atoms with van der Waals surface area (Å²) in [5.41, 5.74) is 6.33. The molecule has 2 unspecified atom stereocenters. The van der Waals surface area contributed by atoms with E-state index in [2.05, 4.69) is 35.6 Å². The van der Waals surface area contributed by atoms with Crippen molar-refractivity contribution in [2.75, 3.05) is 19.6 Å². The summed E-state index contributed by atoms with van der Waals surface area (Å²) in [5, 5.41) is 0. The second-order valence-electron chi connectivity index (χ2n) is 6.86. The highest BCUT2D eigenvalue weighted by Crippen LogP contribution is 2.41. The van der Waals surface area contributed by atoms with E-state index in [1.165, 1.54) is 19.3 Å². The zero-order valence-corrected chi connectivity index (χ0v) is 11.9. The van der Waals surface area contributed by atoms with E-state index >= 15 is 0 Å². The standard InChI is InChI=1S/C14H26N4/c1-10(2)7-18-13(15)16-8-14(18)6-11(3)17(9-14)12-4-5-12/h10-12H,4-9H2,1-3H3,(H2,15,16). The summed E-state index contributed by atoms with van der Waals surface area (Å²) in [5.74, 6) is 1.41. The highest BCUT2D eigenvalue weighted by atomic mass is 15.4. The van der Waals surface area contributed by atoms with Crippen molar-refractivity contribution in [2.45, 2.75) is 57.7 Å². The van der Waals surface area contributed by atoms with Crippen LogP contribution in [-0.4, -0.2) is 53.0 Å². The first-order valence-electron chi connectivity index (χ1n) is 7.35. The lowest BCUT2D eigenvalue weighted by Gasteiger charge is -2.37. The minimum atomic E-state index is 0.205.